The van der Waals surface area contributed by atoms with Gasteiger partial charge in [0.05, 0.1) is 5.69 Å². The molecule has 0 saturated carbocycles. The second kappa shape index (κ2) is 9.06. The van der Waals surface area contributed by atoms with E-state index in [-0.39, 0.29) is 5.91 Å². The third kappa shape index (κ3) is 4.66. The van der Waals surface area contributed by atoms with Crippen molar-refractivity contribution in [1.82, 2.24) is 24.4 Å². The molecule has 36 heavy (non-hydrogen) atoms. The molecule has 2 aliphatic heterocycles. The highest BCUT2D eigenvalue weighted by Gasteiger charge is 2.36. The van der Waals surface area contributed by atoms with Crippen LogP contribution in [0.1, 0.15) is 56.2 Å². The summed E-state index contributed by atoms with van der Waals surface area (Å²) in [7, 11) is 0. The summed E-state index contributed by atoms with van der Waals surface area (Å²) in [6.45, 7) is 6.64. The van der Waals surface area contributed by atoms with Crippen LogP contribution in [-0.2, 0) is 22.9 Å². The maximum absolute atomic E-state index is 14.1. The van der Waals surface area contributed by atoms with E-state index in [1.165, 1.54) is 6.20 Å². The first-order chi connectivity index (χ1) is 17.0. The molecular weight excluding hydrogens is 471 g/mol. The van der Waals surface area contributed by atoms with Crippen molar-refractivity contribution in [2.24, 2.45) is 5.92 Å². The summed E-state index contributed by atoms with van der Waals surface area (Å²) in [5.41, 5.74) is -0.794. The molecule has 0 unspecified atom stereocenters. The van der Waals surface area contributed by atoms with Crippen LogP contribution < -0.4 is 11.0 Å². The van der Waals surface area contributed by atoms with Crippen molar-refractivity contribution < 1.29 is 18.0 Å². The van der Waals surface area contributed by atoms with Crippen LogP contribution in [-0.4, -0.2) is 44.6 Å². The fourth-order valence-electron chi connectivity index (χ4n) is 5.53. The van der Waals surface area contributed by atoms with Gasteiger partial charge >= 0.3 is 11.9 Å². The molecule has 2 saturated heterocycles. The second-order valence-corrected chi connectivity index (χ2v) is 10.5. The predicted octanol–water partition coefficient (Wildman–Crippen LogP) is 3.90. The van der Waals surface area contributed by atoms with Crippen LogP contribution in [0.25, 0.3) is 11.3 Å². The van der Waals surface area contributed by atoms with Crippen molar-refractivity contribution in [2.45, 2.75) is 57.7 Å². The molecule has 2 atom stereocenters. The largest absolute Gasteiger partial charge is 0.420 e. The minimum Gasteiger partial charge on any atom is -0.356 e. The maximum atomic E-state index is 14.1. The average Bonchev–Trinajstić information content (AvgIpc) is 3.14. The van der Waals surface area contributed by atoms with Gasteiger partial charge in [0.1, 0.15) is 5.56 Å². The molecular formula is C26H30F3N5O2. The lowest BCUT2D eigenvalue weighted by Crippen LogP contribution is -2.41. The number of carbonyl (C=O) groups excluding carboxylic acids is 1. The number of hydrogen-bond donors (Lipinski definition) is 1. The van der Waals surface area contributed by atoms with Crippen LogP contribution in [0, 0.1) is 5.92 Å². The topological polar surface area (TPSA) is 71.6 Å². The number of aromatic nitrogens is 3. The number of benzene rings is 1. The second-order valence-electron chi connectivity index (χ2n) is 10.5. The van der Waals surface area contributed by atoms with Crippen molar-refractivity contribution in [1.29, 1.82) is 0 Å². The molecule has 5 rings (SSSR count). The summed E-state index contributed by atoms with van der Waals surface area (Å²) in [5.74, 6) is 0.434. The van der Waals surface area contributed by atoms with Gasteiger partial charge in [-0.3, -0.25) is 9.69 Å². The van der Waals surface area contributed by atoms with E-state index < -0.39 is 28.5 Å². The van der Waals surface area contributed by atoms with Crippen LogP contribution >= 0.6 is 0 Å². The number of hydrogen-bond acceptors (Lipinski definition) is 4. The number of amides is 1. The first-order valence-corrected chi connectivity index (χ1v) is 12.3. The van der Waals surface area contributed by atoms with Gasteiger partial charge in [-0.15, -0.1) is 5.10 Å². The predicted molar refractivity (Wildman–Crippen MR) is 129 cm³/mol. The zero-order valence-electron chi connectivity index (χ0n) is 20.4. The molecule has 0 radical (unpaired) electrons. The van der Waals surface area contributed by atoms with Gasteiger partial charge in [0.2, 0.25) is 5.91 Å². The van der Waals surface area contributed by atoms with Crippen LogP contribution in [0.2, 0.25) is 0 Å². The minimum absolute atomic E-state index is 0.0514. The molecule has 0 aliphatic carbocycles. The standard InChI is InChI=1S/C26H30F3N5O2/c1-17-5-4-10-32(14-17)15-18-11-21(26(27,28)29)23-31-34(24(36)33(23)16-18)20-7-3-6-19(12-20)25(2)8-9-30-22(35)13-25/h3,6-7,11-12,16-17H,4-5,8-10,13-15H2,1-2H3,(H,30,35)/t17-,25+/m0/s1. The molecule has 4 heterocycles. The number of nitrogens with zero attached hydrogens (tertiary/aromatic N) is 4. The van der Waals surface area contributed by atoms with E-state index in [2.05, 4.69) is 22.2 Å². The summed E-state index contributed by atoms with van der Waals surface area (Å²) < 4.78 is 44.2. The summed E-state index contributed by atoms with van der Waals surface area (Å²) in [5, 5.41) is 6.94. The van der Waals surface area contributed by atoms with Gasteiger partial charge in [-0.05, 0) is 61.1 Å². The molecule has 0 spiro atoms. The molecule has 2 fully saturated rings. The molecule has 10 heteroatoms. The van der Waals surface area contributed by atoms with Gasteiger partial charge in [0.25, 0.3) is 0 Å². The van der Waals surface area contributed by atoms with Crippen molar-refractivity contribution in [3.63, 3.8) is 0 Å². The SMILES string of the molecule is C[C@H]1CCCN(Cc2cc(C(F)(F)F)c3nn(-c4cccc([C@]5(C)CCNC(=O)C5)c4)c(=O)n3c2)C1. The number of pyridine rings is 1. The van der Waals surface area contributed by atoms with Gasteiger partial charge < -0.3 is 5.32 Å². The third-order valence-electron chi connectivity index (χ3n) is 7.47. The number of carbonyl (C=O) groups is 1. The summed E-state index contributed by atoms with van der Waals surface area (Å²) in [6, 6.07) is 8.13. The highest BCUT2D eigenvalue weighted by atomic mass is 19.4. The molecule has 2 aliphatic rings. The fraction of sp³-hybridized carbons (Fsp3) is 0.500. The van der Waals surface area contributed by atoms with Crippen molar-refractivity contribution >= 4 is 11.6 Å². The summed E-state index contributed by atoms with van der Waals surface area (Å²) in [6.07, 6.45) is -0.0476. The number of rotatable bonds is 4. The normalized spacial score (nSPS) is 23.7. The van der Waals surface area contributed by atoms with Crippen LogP contribution in [0.5, 0.6) is 0 Å². The van der Waals surface area contributed by atoms with Crippen molar-refractivity contribution in [2.75, 3.05) is 19.6 Å². The Morgan fingerprint density at radius 3 is 2.75 bits per heavy atom. The van der Waals surface area contributed by atoms with Gasteiger partial charge in [0, 0.05) is 37.7 Å². The van der Waals surface area contributed by atoms with Crippen LogP contribution in [0.3, 0.4) is 0 Å². The number of nitrogens with one attached hydrogen (secondary N) is 1. The zero-order chi connectivity index (χ0) is 25.7. The minimum atomic E-state index is -4.66. The first-order valence-electron chi connectivity index (χ1n) is 12.3. The van der Waals surface area contributed by atoms with E-state index in [0.717, 1.165) is 53.1 Å². The maximum Gasteiger partial charge on any atom is 0.420 e. The lowest BCUT2D eigenvalue weighted by atomic mass is 9.74. The van der Waals surface area contributed by atoms with Crippen LogP contribution in [0.15, 0.2) is 41.3 Å². The molecule has 1 N–H and O–H groups in total. The third-order valence-corrected chi connectivity index (χ3v) is 7.47. The lowest BCUT2D eigenvalue weighted by molar-refractivity contribution is -0.136. The molecule has 2 aromatic heterocycles. The fourth-order valence-corrected chi connectivity index (χ4v) is 5.53. The molecule has 7 nitrogen and oxygen atoms in total. The number of alkyl halides is 3. The van der Waals surface area contributed by atoms with Gasteiger partial charge in [0.15, 0.2) is 5.65 Å². The number of halogens is 3. The summed E-state index contributed by atoms with van der Waals surface area (Å²) >= 11 is 0. The molecule has 192 valence electrons. The molecule has 0 bridgehead atoms. The summed E-state index contributed by atoms with van der Waals surface area (Å²) in [4.78, 5) is 27.5. The Hall–Kier alpha value is -3.14. The molecule has 3 aromatic rings. The van der Waals surface area contributed by atoms with Gasteiger partial charge in [-0.1, -0.05) is 26.0 Å². The van der Waals surface area contributed by atoms with Gasteiger partial charge in [-0.2, -0.15) is 17.9 Å². The van der Waals surface area contributed by atoms with E-state index in [1.54, 1.807) is 18.2 Å². The Balaban J connectivity index is 1.57. The first kappa shape index (κ1) is 24.5. The Morgan fingerprint density at radius 1 is 1.22 bits per heavy atom. The smallest absolute Gasteiger partial charge is 0.356 e. The molecule has 1 aromatic carbocycles. The van der Waals surface area contributed by atoms with Gasteiger partial charge in [-0.25, -0.2) is 9.20 Å². The Labute approximate surface area is 206 Å². The van der Waals surface area contributed by atoms with Crippen molar-refractivity contribution in [3.05, 3.63) is 63.7 Å². The van der Waals surface area contributed by atoms with E-state index in [9.17, 15) is 22.8 Å². The van der Waals surface area contributed by atoms with E-state index >= 15 is 0 Å². The lowest BCUT2D eigenvalue weighted by Gasteiger charge is -2.34. The number of fused-ring (bicyclic) bond motifs is 1. The zero-order valence-corrected chi connectivity index (χ0v) is 20.4. The Bertz CT molecular complexity index is 1360. The number of likely N-dealkylation sites (tertiary alicyclic amines) is 1. The van der Waals surface area contributed by atoms with E-state index in [4.69, 9.17) is 0 Å². The monoisotopic (exact) mass is 501 g/mol. The van der Waals surface area contributed by atoms with Crippen LogP contribution in [0.4, 0.5) is 13.2 Å². The highest BCUT2D eigenvalue weighted by molar-refractivity contribution is 5.78. The van der Waals surface area contributed by atoms with E-state index in [1.807, 2.05) is 13.0 Å². The van der Waals surface area contributed by atoms with Crippen molar-refractivity contribution in [3.8, 4) is 5.69 Å². The quantitative estimate of drug-likeness (QED) is 0.589. The average molecular weight is 502 g/mol. The van der Waals surface area contributed by atoms with E-state index in [0.29, 0.717) is 36.7 Å². The molecule has 1 amide bonds. The Kier molecular flexibility index (Phi) is 6.18. The Morgan fingerprint density at radius 2 is 2.03 bits per heavy atom. The highest BCUT2D eigenvalue weighted by Crippen LogP contribution is 2.35. The number of piperidine rings is 2.